The van der Waals surface area contributed by atoms with Gasteiger partial charge in [-0.05, 0) is 55.8 Å². The summed E-state index contributed by atoms with van der Waals surface area (Å²) < 4.78 is 0. The van der Waals surface area contributed by atoms with Crippen molar-refractivity contribution < 1.29 is 0 Å². The summed E-state index contributed by atoms with van der Waals surface area (Å²) in [5, 5.41) is 9.91. The third-order valence-corrected chi connectivity index (χ3v) is 7.83. The van der Waals surface area contributed by atoms with Crippen molar-refractivity contribution in [1.82, 2.24) is 4.98 Å². The maximum absolute atomic E-state index is 5.12. The molecule has 1 heterocycles. The lowest BCUT2D eigenvalue weighted by atomic mass is 9.91. The second-order valence-corrected chi connectivity index (χ2v) is 9.96. The number of aromatic nitrogens is 1. The molecule has 1 aromatic heterocycles. The molecule has 1 nitrogen and oxygen atoms in total. The van der Waals surface area contributed by atoms with E-state index in [1.54, 1.807) is 0 Å². The van der Waals surface area contributed by atoms with Gasteiger partial charge in [0.15, 0.2) is 0 Å². The fraction of sp³-hybridized carbons (Fsp3) is 0. The van der Waals surface area contributed by atoms with Crippen LogP contribution in [-0.2, 0) is 0 Å². The van der Waals surface area contributed by atoms with Crippen LogP contribution in [0.3, 0.4) is 0 Å². The van der Waals surface area contributed by atoms with E-state index in [0.717, 1.165) is 11.0 Å². The molecule has 0 aliphatic heterocycles. The van der Waals surface area contributed by atoms with Crippen molar-refractivity contribution >= 4 is 54.1 Å². The number of rotatable bonds is 2. The molecule has 1 heteroatoms. The monoisotopic (exact) mass is 481 g/mol. The minimum absolute atomic E-state index is 1.02. The first kappa shape index (κ1) is 21.1. The highest BCUT2D eigenvalue weighted by Crippen LogP contribution is 2.39. The van der Waals surface area contributed by atoms with Gasteiger partial charge < -0.3 is 0 Å². The number of hydrogen-bond acceptors (Lipinski definition) is 1. The fourth-order valence-corrected chi connectivity index (χ4v) is 6.05. The zero-order valence-corrected chi connectivity index (χ0v) is 20.7. The average molecular weight is 482 g/mol. The summed E-state index contributed by atoms with van der Waals surface area (Å²) in [6.45, 7) is 0. The van der Waals surface area contributed by atoms with Crippen LogP contribution in [0.25, 0.3) is 76.4 Å². The predicted octanol–water partition coefficient (Wildman–Crippen LogP) is 10.2. The van der Waals surface area contributed by atoms with E-state index in [2.05, 4.69) is 140 Å². The van der Waals surface area contributed by atoms with Gasteiger partial charge >= 0.3 is 0 Å². The number of hydrogen-bond donors (Lipinski definition) is 0. The summed E-state index contributed by atoms with van der Waals surface area (Å²) in [4.78, 5) is 5.12. The Hall–Kier alpha value is -5.01. The molecule has 0 saturated heterocycles. The smallest absolute Gasteiger partial charge is 0.0794 e. The van der Waals surface area contributed by atoms with Crippen LogP contribution in [0, 0.1) is 0 Å². The Morgan fingerprint density at radius 2 is 0.974 bits per heavy atom. The second-order valence-electron chi connectivity index (χ2n) is 9.96. The Kier molecular flexibility index (Phi) is 4.59. The van der Waals surface area contributed by atoms with Gasteiger partial charge in [-0.15, -0.1) is 0 Å². The molecule has 0 fully saturated rings. The number of para-hydroxylation sites is 1. The summed E-state index contributed by atoms with van der Waals surface area (Å²) in [6, 6.07) is 50.3. The maximum Gasteiger partial charge on any atom is 0.0794 e. The molecule has 8 rings (SSSR count). The highest BCUT2D eigenvalue weighted by Gasteiger charge is 2.14. The fourth-order valence-electron chi connectivity index (χ4n) is 6.05. The van der Waals surface area contributed by atoms with Gasteiger partial charge in [0.2, 0.25) is 0 Å². The van der Waals surface area contributed by atoms with Crippen molar-refractivity contribution in [2.45, 2.75) is 0 Å². The molecule has 0 amide bonds. The Morgan fingerprint density at radius 1 is 0.368 bits per heavy atom. The molecular formula is C37H23N. The van der Waals surface area contributed by atoms with E-state index in [4.69, 9.17) is 4.98 Å². The standard InChI is InChI=1S/C37H23N/c1-4-12-29-24(9-1)21-22-33-36(32-15-7-8-16-35(32)38-37(29)33)26-19-17-25(18-20-26)34-23-27-10-2-3-11-28(27)30-13-5-6-14-31(30)34/h1-23H. The van der Waals surface area contributed by atoms with Crippen LogP contribution >= 0.6 is 0 Å². The van der Waals surface area contributed by atoms with Gasteiger partial charge in [-0.1, -0.05) is 127 Å². The molecule has 0 saturated carbocycles. The van der Waals surface area contributed by atoms with Crippen LogP contribution in [0.1, 0.15) is 0 Å². The van der Waals surface area contributed by atoms with Gasteiger partial charge in [0.05, 0.1) is 11.0 Å². The molecule has 0 N–H and O–H groups in total. The van der Waals surface area contributed by atoms with Gasteiger partial charge in [0.1, 0.15) is 0 Å². The van der Waals surface area contributed by atoms with Gasteiger partial charge in [0.25, 0.3) is 0 Å². The molecule has 7 aromatic carbocycles. The van der Waals surface area contributed by atoms with Crippen LogP contribution in [0.2, 0.25) is 0 Å². The summed E-state index contributed by atoms with van der Waals surface area (Å²) in [5.41, 5.74) is 7.02. The summed E-state index contributed by atoms with van der Waals surface area (Å²) in [7, 11) is 0. The normalized spacial score (nSPS) is 11.7. The van der Waals surface area contributed by atoms with E-state index in [1.165, 1.54) is 65.3 Å². The molecule has 0 bridgehead atoms. The number of pyridine rings is 1. The SMILES string of the molecule is c1ccc2c(c1)cc(-c1ccc(-c3c4ccccc4nc4c3ccc3ccccc34)cc1)c1ccccc12. The second kappa shape index (κ2) is 8.26. The van der Waals surface area contributed by atoms with Crippen LogP contribution in [0.4, 0.5) is 0 Å². The van der Waals surface area contributed by atoms with Crippen LogP contribution in [0.5, 0.6) is 0 Å². The molecule has 0 aliphatic rings. The highest BCUT2D eigenvalue weighted by molar-refractivity contribution is 6.17. The van der Waals surface area contributed by atoms with Crippen LogP contribution < -0.4 is 0 Å². The lowest BCUT2D eigenvalue weighted by Crippen LogP contribution is -1.91. The van der Waals surface area contributed by atoms with E-state index in [9.17, 15) is 0 Å². The van der Waals surface area contributed by atoms with Gasteiger partial charge in [-0.25, -0.2) is 4.98 Å². The van der Waals surface area contributed by atoms with E-state index in [1.807, 2.05) is 0 Å². The highest BCUT2D eigenvalue weighted by atomic mass is 14.7. The number of nitrogens with zero attached hydrogens (tertiary/aromatic N) is 1. The summed E-state index contributed by atoms with van der Waals surface area (Å²) in [6.07, 6.45) is 0. The molecule has 38 heavy (non-hydrogen) atoms. The third kappa shape index (κ3) is 3.16. The topological polar surface area (TPSA) is 12.9 Å². The predicted molar refractivity (Wildman–Crippen MR) is 163 cm³/mol. The molecule has 176 valence electrons. The maximum atomic E-state index is 5.12. The first-order valence-corrected chi connectivity index (χ1v) is 13.1. The molecule has 0 unspecified atom stereocenters. The Morgan fingerprint density at radius 3 is 1.79 bits per heavy atom. The quantitative estimate of drug-likeness (QED) is 0.177. The largest absolute Gasteiger partial charge is 0.247 e. The van der Waals surface area contributed by atoms with Gasteiger partial charge in [-0.3, -0.25) is 0 Å². The summed E-state index contributed by atoms with van der Waals surface area (Å²) in [5.74, 6) is 0. The van der Waals surface area contributed by atoms with Crippen molar-refractivity contribution in [2.75, 3.05) is 0 Å². The first-order valence-electron chi connectivity index (χ1n) is 13.1. The molecular weight excluding hydrogens is 458 g/mol. The molecule has 8 aromatic rings. The van der Waals surface area contributed by atoms with Gasteiger partial charge in [-0.2, -0.15) is 0 Å². The molecule has 0 spiro atoms. The third-order valence-electron chi connectivity index (χ3n) is 7.83. The Balaban J connectivity index is 1.37. The van der Waals surface area contributed by atoms with Crippen molar-refractivity contribution in [3.05, 3.63) is 140 Å². The average Bonchev–Trinajstić information content (AvgIpc) is 2.99. The van der Waals surface area contributed by atoms with Crippen molar-refractivity contribution in [1.29, 1.82) is 0 Å². The Labute approximate surface area is 220 Å². The molecule has 0 radical (unpaired) electrons. The van der Waals surface area contributed by atoms with E-state index in [0.29, 0.717) is 0 Å². The van der Waals surface area contributed by atoms with Crippen molar-refractivity contribution in [3.8, 4) is 22.3 Å². The van der Waals surface area contributed by atoms with Crippen molar-refractivity contribution in [2.24, 2.45) is 0 Å². The minimum Gasteiger partial charge on any atom is -0.247 e. The van der Waals surface area contributed by atoms with Gasteiger partial charge in [0, 0.05) is 21.7 Å². The van der Waals surface area contributed by atoms with E-state index >= 15 is 0 Å². The lowest BCUT2D eigenvalue weighted by Gasteiger charge is -2.14. The zero-order valence-electron chi connectivity index (χ0n) is 20.7. The molecule has 0 atom stereocenters. The zero-order chi connectivity index (χ0) is 25.1. The lowest BCUT2D eigenvalue weighted by molar-refractivity contribution is 1.51. The summed E-state index contributed by atoms with van der Waals surface area (Å²) >= 11 is 0. The van der Waals surface area contributed by atoms with Crippen molar-refractivity contribution in [3.63, 3.8) is 0 Å². The first-order chi connectivity index (χ1) is 18.8. The van der Waals surface area contributed by atoms with E-state index < -0.39 is 0 Å². The van der Waals surface area contributed by atoms with E-state index in [-0.39, 0.29) is 0 Å². The molecule has 0 aliphatic carbocycles. The van der Waals surface area contributed by atoms with Crippen LogP contribution in [-0.4, -0.2) is 4.98 Å². The van der Waals surface area contributed by atoms with Crippen LogP contribution in [0.15, 0.2) is 140 Å². The Bertz CT molecular complexity index is 2170. The number of fused-ring (bicyclic) bond motifs is 7. The minimum atomic E-state index is 1.02. The number of benzene rings is 7.